The zero-order valence-electron chi connectivity index (χ0n) is 14.4. The molecule has 3 aromatic rings. The summed E-state index contributed by atoms with van der Waals surface area (Å²) < 4.78 is 1.87. The molecular formula is C18H23N7. The second kappa shape index (κ2) is 6.78. The molecule has 0 unspecified atom stereocenters. The molecule has 0 bridgehead atoms. The maximum atomic E-state index is 6.02. The van der Waals surface area contributed by atoms with Gasteiger partial charge in [0.2, 0.25) is 0 Å². The summed E-state index contributed by atoms with van der Waals surface area (Å²) in [5.74, 6) is 1.57. The molecule has 130 valence electrons. The van der Waals surface area contributed by atoms with Crippen molar-refractivity contribution in [3.63, 3.8) is 0 Å². The minimum atomic E-state index is 0.343. The number of nitrogens with one attached hydrogen (secondary N) is 1. The molecule has 7 nitrogen and oxygen atoms in total. The molecule has 0 aromatic carbocycles. The van der Waals surface area contributed by atoms with Crippen LogP contribution in [0.4, 0.5) is 11.6 Å². The third-order valence-electron chi connectivity index (χ3n) is 4.73. The van der Waals surface area contributed by atoms with Crippen molar-refractivity contribution in [2.24, 2.45) is 5.73 Å². The number of rotatable bonds is 4. The van der Waals surface area contributed by atoms with Gasteiger partial charge in [-0.3, -0.25) is 4.90 Å². The molecular weight excluding hydrogens is 314 g/mol. The monoisotopic (exact) mass is 337 g/mol. The van der Waals surface area contributed by atoms with Crippen molar-refractivity contribution in [2.45, 2.75) is 32.4 Å². The van der Waals surface area contributed by atoms with Crippen LogP contribution in [0.5, 0.6) is 0 Å². The fraction of sp³-hybridized carbons (Fsp3) is 0.389. The summed E-state index contributed by atoms with van der Waals surface area (Å²) in [6, 6.07) is 6.44. The van der Waals surface area contributed by atoms with Crippen molar-refractivity contribution in [1.29, 1.82) is 0 Å². The Kier molecular flexibility index (Phi) is 4.33. The van der Waals surface area contributed by atoms with E-state index in [1.54, 1.807) is 12.5 Å². The number of aromatic nitrogens is 4. The Balaban J connectivity index is 1.62. The van der Waals surface area contributed by atoms with Crippen molar-refractivity contribution in [1.82, 2.24) is 24.5 Å². The summed E-state index contributed by atoms with van der Waals surface area (Å²) in [7, 11) is 0. The largest absolute Gasteiger partial charge is 0.328 e. The zero-order chi connectivity index (χ0) is 17.2. The summed E-state index contributed by atoms with van der Waals surface area (Å²) >= 11 is 0. The van der Waals surface area contributed by atoms with E-state index < -0.39 is 0 Å². The smallest absolute Gasteiger partial charge is 0.159 e. The predicted octanol–water partition coefficient (Wildman–Crippen LogP) is 2.10. The van der Waals surface area contributed by atoms with Gasteiger partial charge in [-0.25, -0.2) is 14.5 Å². The first kappa shape index (κ1) is 16.0. The third kappa shape index (κ3) is 3.47. The van der Waals surface area contributed by atoms with Crippen LogP contribution in [0, 0.1) is 6.92 Å². The first-order chi connectivity index (χ1) is 12.2. The molecule has 0 atom stereocenters. The van der Waals surface area contributed by atoms with Gasteiger partial charge in [0.05, 0.1) is 0 Å². The van der Waals surface area contributed by atoms with Gasteiger partial charge in [0.1, 0.15) is 17.7 Å². The highest BCUT2D eigenvalue weighted by molar-refractivity contribution is 5.75. The molecule has 3 N–H and O–H groups in total. The Morgan fingerprint density at radius 2 is 2.08 bits per heavy atom. The van der Waals surface area contributed by atoms with E-state index in [0.29, 0.717) is 6.04 Å². The highest BCUT2D eigenvalue weighted by Crippen LogP contribution is 2.24. The number of piperidine rings is 1. The normalized spacial score (nSPS) is 16.4. The Hall–Kier alpha value is -2.51. The number of aryl methyl sites for hydroxylation is 1. The summed E-state index contributed by atoms with van der Waals surface area (Å²) in [6.45, 7) is 5.00. The molecule has 25 heavy (non-hydrogen) atoms. The molecule has 0 aliphatic carbocycles. The number of fused-ring (bicyclic) bond motifs is 1. The Morgan fingerprint density at radius 3 is 2.88 bits per heavy atom. The lowest BCUT2D eigenvalue weighted by molar-refractivity contribution is 0.206. The van der Waals surface area contributed by atoms with Gasteiger partial charge in [0.25, 0.3) is 0 Å². The number of anilines is 2. The van der Waals surface area contributed by atoms with E-state index in [2.05, 4.69) is 31.3 Å². The molecule has 0 amide bonds. The van der Waals surface area contributed by atoms with E-state index in [1.165, 1.54) is 5.56 Å². The fourth-order valence-corrected chi connectivity index (χ4v) is 3.32. The van der Waals surface area contributed by atoms with Crippen molar-refractivity contribution < 1.29 is 0 Å². The van der Waals surface area contributed by atoms with E-state index >= 15 is 0 Å². The van der Waals surface area contributed by atoms with E-state index in [1.807, 2.05) is 29.8 Å². The standard InChI is InChI=1S/C18H23N7/c1-13-2-6-20-16(10-13)23-18-17-14(3-9-25(17)22-12-21-18)11-24-7-4-15(19)5-8-24/h2-3,6,9-10,12,15H,4-5,7-8,11,19H2,1H3,(H,20,21,22,23). The second-order valence-corrected chi connectivity index (χ2v) is 6.70. The lowest BCUT2D eigenvalue weighted by Gasteiger charge is -2.29. The molecule has 1 fully saturated rings. The highest BCUT2D eigenvalue weighted by atomic mass is 15.3. The average molecular weight is 337 g/mol. The zero-order valence-corrected chi connectivity index (χ0v) is 14.4. The number of hydrogen-bond donors (Lipinski definition) is 2. The van der Waals surface area contributed by atoms with Gasteiger partial charge in [-0.1, -0.05) is 0 Å². The van der Waals surface area contributed by atoms with E-state index in [4.69, 9.17) is 5.73 Å². The van der Waals surface area contributed by atoms with E-state index in [-0.39, 0.29) is 0 Å². The van der Waals surface area contributed by atoms with Crippen molar-refractivity contribution in [3.8, 4) is 0 Å². The molecule has 1 aliphatic heterocycles. The number of hydrogen-bond acceptors (Lipinski definition) is 6. The Labute approximate surface area is 146 Å². The second-order valence-electron chi connectivity index (χ2n) is 6.70. The van der Waals surface area contributed by atoms with Crippen LogP contribution >= 0.6 is 0 Å². The summed E-state index contributed by atoms with van der Waals surface area (Å²) in [5.41, 5.74) is 9.39. The summed E-state index contributed by atoms with van der Waals surface area (Å²) in [5, 5.41) is 7.67. The van der Waals surface area contributed by atoms with Gasteiger partial charge in [-0.2, -0.15) is 5.10 Å². The predicted molar refractivity (Wildman–Crippen MR) is 97.7 cm³/mol. The molecule has 0 saturated carbocycles. The number of nitrogens with two attached hydrogens (primary N) is 1. The topological polar surface area (TPSA) is 84.4 Å². The van der Waals surface area contributed by atoms with Crippen LogP contribution in [0.3, 0.4) is 0 Å². The lowest BCUT2D eigenvalue weighted by Crippen LogP contribution is -2.39. The molecule has 7 heteroatoms. The molecule has 1 saturated heterocycles. The molecule has 4 heterocycles. The molecule has 1 aliphatic rings. The van der Waals surface area contributed by atoms with Gasteiger partial charge in [-0.05, 0) is 62.2 Å². The van der Waals surface area contributed by atoms with Gasteiger partial charge < -0.3 is 11.1 Å². The van der Waals surface area contributed by atoms with E-state index in [9.17, 15) is 0 Å². The maximum absolute atomic E-state index is 6.02. The maximum Gasteiger partial charge on any atom is 0.159 e. The lowest BCUT2D eigenvalue weighted by atomic mass is 10.1. The number of nitrogens with zero attached hydrogens (tertiary/aromatic N) is 5. The quantitative estimate of drug-likeness (QED) is 0.758. The SMILES string of the molecule is Cc1ccnc(Nc2ncnn3ccc(CN4CCC(N)CC4)c23)c1. The van der Waals surface area contributed by atoms with Crippen molar-refractivity contribution in [3.05, 3.63) is 48.0 Å². The number of likely N-dealkylation sites (tertiary alicyclic amines) is 1. The highest BCUT2D eigenvalue weighted by Gasteiger charge is 2.18. The van der Waals surface area contributed by atoms with Crippen molar-refractivity contribution >= 4 is 17.2 Å². The van der Waals surface area contributed by atoms with Crippen LogP contribution < -0.4 is 11.1 Å². The van der Waals surface area contributed by atoms with Gasteiger partial charge >= 0.3 is 0 Å². The Bertz CT molecular complexity index is 865. The summed E-state index contributed by atoms with van der Waals surface area (Å²) in [4.78, 5) is 11.3. The van der Waals surface area contributed by atoms with Crippen LogP contribution in [0.25, 0.3) is 5.52 Å². The van der Waals surface area contributed by atoms with Crippen LogP contribution in [0.1, 0.15) is 24.0 Å². The molecule has 4 rings (SSSR count). The van der Waals surface area contributed by atoms with Crippen LogP contribution in [0.2, 0.25) is 0 Å². The average Bonchev–Trinajstić information content (AvgIpc) is 3.01. The molecule has 0 radical (unpaired) electrons. The van der Waals surface area contributed by atoms with Crippen LogP contribution in [-0.2, 0) is 6.54 Å². The van der Waals surface area contributed by atoms with Gasteiger partial charge in [0.15, 0.2) is 5.82 Å². The third-order valence-corrected chi connectivity index (χ3v) is 4.73. The van der Waals surface area contributed by atoms with Crippen LogP contribution in [-0.4, -0.2) is 43.6 Å². The summed E-state index contributed by atoms with van der Waals surface area (Å²) in [6.07, 6.45) is 7.46. The Morgan fingerprint density at radius 1 is 1.24 bits per heavy atom. The van der Waals surface area contributed by atoms with E-state index in [0.717, 1.165) is 55.2 Å². The minimum absolute atomic E-state index is 0.343. The number of pyridine rings is 1. The van der Waals surface area contributed by atoms with Crippen molar-refractivity contribution in [2.75, 3.05) is 18.4 Å². The van der Waals surface area contributed by atoms with Gasteiger partial charge in [0, 0.05) is 25.0 Å². The van der Waals surface area contributed by atoms with Gasteiger partial charge in [-0.15, -0.1) is 0 Å². The fourth-order valence-electron chi connectivity index (χ4n) is 3.32. The minimum Gasteiger partial charge on any atom is -0.328 e. The molecule has 0 spiro atoms. The first-order valence-corrected chi connectivity index (χ1v) is 8.68. The van der Waals surface area contributed by atoms with Crippen LogP contribution in [0.15, 0.2) is 36.9 Å². The molecule has 3 aromatic heterocycles. The first-order valence-electron chi connectivity index (χ1n) is 8.68.